The predicted octanol–water partition coefficient (Wildman–Crippen LogP) is 3.05. The molecule has 7 nitrogen and oxygen atoms in total. The van der Waals surface area contributed by atoms with E-state index < -0.39 is 30.3 Å². The van der Waals surface area contributed by atoms with Gasteiger partial charge >= 0.3 is 11.9 Å². The number of anilines is 1. The zero-order chi connectivity index (χ0) is 20.1. The summed E-state index contributed by atoms with van der Waals surface area (Å²) in [5, 5.41) is 2.33. The van der Waals surface area contributed by atoms with Crippen LogP contribution in [-0.4, -0.2) is 36.0 Å². The van der Waals surface area contributed by atoms with Gasteiger partial charge in [0.1, 0.15) is 11.5 Å². The molecule has 0 atom stereocenters. The Hall–Kier alpha value is -3.16. The molecule has 144 valence electrons. The van der Waals surface area contributed by atoms with Crippen LogP contribution in [0.3, 0.4) is 0 Å². The number of halogens is 1. The van der Waals surface area contributed by atoms with Crippen molar-refractivity contribution in [3.8, 4) is 0 Å². The molecule has 1 heterocycles. The van der Waals surface area contributed by atoms with Crippen molar-refractivity contribution >= 4 is 23.5 Å². The van der Waals surface area contributed by atoms with Crippen LogP contribution in [0.2, 0.25) is 0 Å². The fraction of sp³-hybridized carbons (Fsp3) is 0.316. The van der Waals surface area contributed by atoms with E-state index in [0.717, 1.165) is 0 Å². The number of ether oxygens (including phenoxy) is 2. The number of aromatic amines is 1. The number of nitrogens with one attached hydrogen (secondary N) is 2. The molecule has 0 aliphatic heterocycles. The molecule has 0 spiro atoms. The first kappa shape index (κ1) is 20.2. The van der Waals surface area contributed by atoms with Gasteiger partial charge in [0.2, 0.25) is 0 Å². The number of rotatable bonds is 6. The molecule has 1 aromatic heterocycles. The fourth-order valence-corrected chi connectivity index (χ4v) is 2.57. The van der Waals surface area contributed by atoms with Crippen LogP contribution in [-0.2, 0) is 14.3 Å². The lowest BCUT2D eigenvalue weighted by molar-refractivity contribution is -0.119. The lowest BCUT2D eigenvalue weighted by Gasteiger charge is -2.08. The average molecular weight is 376 g/mol. The summed E-state index contributed by atoms with van der Waals surface area (Å²) in [6, 6.07) is 4.35. The number of esters is 2. The molecule has 2 rings (SSSR count). The molecule has 0 aliphatic carbocycles. The maximum Gasteiger partial charge on any atom is 0.355 e. The monoisotopic (exact) mass is 376 g/mol. The first-order chi connectivity index (χ1) is 12.7. The Labute approximate surface area is 155 Å². The van der Waals surface area contributed by atoms with Crippen LogP contribution in [0.1, 0.15) is 44.6 Å². The molecular formula is C19H21FN2O5. The van der Waals surface area contributed by atoms with E-state index in [-0.39, 0.29) is 23.6 Å². The third kappa shape index (κ3) is 4.72. The van der Waals surface area contributed by atoms with Gasteiger partial charge in [-0.2, -0.15) is 0 Å². The molecule has 0 bridgehead atoms. The van der Waals surface area contributed by atoms with E-state index in [1.54, 1.807) is 33.8 Å². The molecule has 27 heavy (non-hydrogen) atoms. The van der Waals surface area contributed by atoms with Crippen molar-refractivity contribution in [3.05, 3.63) is 52.1 Å². The smallest absolute Gasteiger partial charge is 0.355 e. The third-order valence-electron chi connectivity index (χ3n) is 3.85. The first-order valence-corrected chi connectivity index (χ1v) is 8.34. The number of hydrogen-bond donors (Lipinski definition) is 2. The summed E-state index contributed by atoms with van der Waals surface area (Å²) < 4.78 is 23.7. The van der Waals surface area contributed by atoms with Gasteiger partial charge in [-0.05, 0) is 51.0 Å². The number of H-pyrrole nitrogens is 1. The zero-order valence-corrected chi connectivity index (χ0v) is 15.6. The largest absolute Gasteiger partial charge is 0.462 e. The maximum absolute atomic E-state index is 13.7. The van der Waals surface area contributed by atoms with Gasteiger partial charge in [0.25, 0.3) is 5.91 Å². The highest BCUT2D eigenvalue weighted by Gasteiger charge is 2.24. The molecule has 2 aromatic rings. The van der Waals surface area contributed by atoms with Gasteiger partial charge in [0, 0.05) is 5.69 Å². The second-order valence-corrected chi connectivity index (χ2v) is 5.95. The molecule has 0 saturated heterocycles. The second kappa shape index (κ2) is 8.48. The van der Waals surface area contributed by atoms with Crippen molar-refractivity contribution in [1.82, 2.24) is 4.98 Å². The van der Waals surface area contributed by atoms with Crippen LogP contribution in [0.5, 0.6) is 0 Å². The summed E-state index contributed by atoms with van der Waals surface area (Å²) in [6.45, 7) is 6.22. The van der Waals surface area contributed by atoms with Crippen molar-refractivity contribution in [2.24, 2.45) is 0 Å². The molecule has 1 aromatic carbocycles. The average Bonchev–Trinajstić information content (AvgIpc) is 2.90. The molecule has 0 saturated carbocycles. The van der Waals surface area contributed by atoms with Crippen molar-refractivity contribution in [2.45, 2.75) is 27.7 Å². The minimum Gasteiger partial charge on any atom is -0.462 e. The normalized spacial score (nSPS) is 10.4. The zero-order valence-electron chi connectivity index (χ0n) is 15.6. The van der Waals surface area contributed by atoms with E-state index in [1.807, 2.05) is 0 Å². The Bertz CT molecular complexity index is 888. The second-order valence-electron chi connectivity index (χ2n) is 5.95. The van der Waals surface area contributed by atoms with Crippen LogP contribution >= 0.6 is 0 Å². The van der Waals surface area contributed by atoms with Gasteiger partial charge in [-0.3, -0.25) is 4.79 Å². The Balaban J connectivity index is 2.02. The van der Waals surface area contributed by atoms with E-state index in [1.165, 1.54) is 12.1 Å². The van der Waals surface area contributed by atoms with Gasteiger partial charge in [0.05, 0.1) is 17.9 Å². The predicted molar refractivity (Wildman–Crippen MR) is 96.3 cm³/mol. The van der Waals surface area contributed by atoms with Crippen LogP contribution in [0.15, 0.2) is 18.2 Å². The number of amides is 1. The van der Waals surface area contributed by atoms with E-state index in [9.17, 15) is 18.8 Å². The molecule has 1 amide bonds. The number of carbonyl (C=O) groups is 3. The van der Waals surface area contributed by atoms with Gasteiger partial charge in [-0.25, -0.2) is 14.0 Å². The maximum atomic E-state index is 13.7. The van der Waals surface area contributed by atoms with E-state index >= 15 is 0 Å². The van der Waals surface area contributed by atoms with Gasteiger partial charge in [0.15, 0.2) is 6.61 Å². The molecule has 2 N–H and O–H groups in total. The van der Waals surface area contributed by atoms with Crippen molar-refractivity contribution < 1.29 is 28.2 Å². The van der Waals surface area contributed by atoms with E-state index in [4.69, 9.17) is 9.47 Å². The molecule has 0 radical (unpaired) electrons. The topological polar surface area (TPSA) is 97.5 Å². The fourth-order valence-electron chi connectivity index (χ4n) is 2.57. The van der Waals surface area contributed by atoms with Crippen molar-refractivity contribution in [2.75, 3.05) is 18.5 Å². The minimum atomic E-state index is -0.800. The summed E-state index contributed by atoms with van der Waals surface area (Å²) in [7, 11) is 0. The van der Waals surface area contributed by atoms with Crippen LogP contribution in [0.25, 0.3) is 0 Å². The van der Waals surface area contributed by atoms with Crippen LogP contribution < -0.4 is 5.32 Å². The Kier molecular flexibility index (Phi) is 6.33. The van der Waals surface area contributed by atoms with Gasteiger partial charge < -0.3 is 19.8 Å². The van der Waals surface area contributed by atoms with Gasteiger partial charge in [-0.1, -0.05) is 6.07 Å². The summed E-state index contributed by atoms with van der Waals surface area (Å²) in [5.74, 6) is -2.61. The summed E-state index contributed by atoms with van der Waals surface area (Å²) in [5.41, 5.74) is 1.87. The third-order valence-corrected chi connectivity index (χ3v) is 3.85. The standard InChI is InChI=1S/C19H21FN2O5/c1-5-26-18(24)16-11(3)17(21-12(16)4)19(25)27-9-15(23)22-14-7-6-10(2)8-13(14)20/h6-8,21H,5,9H2,1-4H3,(H,22,23). The lowest BCUT2D eigenvalue weighted by atomic mass is 10.1. The highest BCUT2D eigenvalue weighted by Crippen LogP contribution is 2.20. The molecule has 0 fully saturated rings. The van der Waals surface area contributed by atoms with Crippen LogP contribution in [0, 0.1) is 26.6 Å². The SMILES string of the molecule is CCOC(=O)c1c(C)[nH]c(C(=O)OCC(=O)Nc2ccc(C)cc2F)c1C. The number of aromatic nitrogens is 1. The molecule has 8 heteroatoms. The number of carbonyl (C=O) groups excluding carboxylic acids is 3. The summed E-state index contributed by atoms with van der Waals surface area (Å²) in [4.78, 5) is 38.8. The quantitative estimate of drug-likeness (QED) is 0.755. The first-order valence-electron chi connectivity index (χ1n) is 8.34. The highest BCUT2D eigenvalue weighted by atomic mass is 19.1. The van der Waals surface area contributed by atoms with Crippen molar-refractivity contribution in [1.29, 1.82) is 0 Å². The summed E-state index contributed by atoms with van der Waals surface area (Å²) >= 11 is 0. The Morgan fingerprint density at radius 3 is 2.44 bits per heavy atom. The minimum absolute atomic E-state index is 0.00172. The summed E-state index contributed by atoms with van der Waals surface area (Å²) in [6.07, 6.45) is 0. The highest BCUT2D eigenvalue weighted by molar-refractivity contribution is 5.99. The Morgan fingerprint density at radius 2 is 1.81 bits per heavy atom. The lowest BCUT2D eigenvalue weighted by Crippen LogP contribution is -2.22. The van der Waals surface area contributed by atoms with Crippen molar-refractivity contribution in [3.63, 3.8) is 0 Å². The number of aryl methyl sites for hydroxylation is 2. The number of benzene rings is 1. The molecule has 0 aliphatic rings. The van der Waals surface area contributed by atoms with E-state index in [0.29, 0.717) is 16.8 Å². The number of hydrogen-bond acceptors (Lipinski definition) is 5. The van der Waals surface area contributed by atoms with Crippen LogP contribution in [0.4, 0.5) is 10.1 Å². The Morgan fingerprint density at radius 1 is 1.11 bits per heavy atom. The van der Waals surface area contributed by atoms with E-state index in [2.05, 4.69) is 10.3 Å². The molecule has 0 unspecified atom stereocenters. The van der Waals surface area contributed by atoms with Gasteiger partial charge in [-0.15, -0.1) is 0 Å². The molecular weight excluding hydrogens is 355 g/mol.